The van der Waals surface area contributed by atoms with Crippen LogP contribution in [0.4, 0.5) is 0 Å². The molecule has 0 unspecified atom stereocenters. The minimum atomic E-state index is -1.26. The van der Waals surface area contributed by atoms with Crippen LogP contribution in [0.5, 0.6) is 0 Å². The first-order valence-corrected chi connectivity index (χ1v) is 17.2. The van der Waals surface area contributed by atoms with Gasteiger partial charge in [-0.25, -0.2) is 0 Å². The van der Waals surface area contributed by atoms with Crippen LogP contribution in [0.25, 0.3) is 0 Å². The quantitative estimate of drug-likeness (QED) is 0.179. The molecule has 0 saturated carbocycles. The van der Waals surface area contributed by atoms with E-state index in [9.17, 15) is 24.3 Å². The molecule has 3 fully saturated rings. The van der Waals surface area contributed by atoms with Crippen molar-refractivity contribution >= 4 is 23.7 Å². The summed E-state index contributed by atoms with van der Waals surface area (Å²) in [5.74, 6) is -3.65. The summed E-state index contributed by atoms with van der Waals surface area (Å²) in [5.41, 5.74) is -0.609. The summed E-state index contributed by atoms with van der Waals surface area (Å²) in [5, 5.41) is 13.6. The first-order valence-electron chi connectivity index (χ1n) is 17.2. The Balaban J connectivity index is 1.74. The summed E-state index contributed by atoms with van der Waals surface area (Å²) in [4.78, 5) is 59.6. The van der Waals surface area contributed by atoms with Gasteiger partial charge in [0.25, 0.3) is 0 Å². The number of rotatable bonds is 18. The number of amides is 3. The summed E-state index contributed by atoms with van der Waals surface area (Å²) in [6.07, 6.45) is 3.99. The minimum Gasteiger partial charge on any atom is -0.455 e. The van der Waals surface area contributed by atoms with Gasteiger partial charge in [-0.05, 0) is 44.6 Å². The number of ether oxygens (including phenoxy) is 3. The lowest BCUT2D eigenvalue weighted by atomic mass is 9.70. The zero-order valence-corrected chi connectivity index (χ0v) is 29.0. The monoisotopic (exact) mass is 667 g/mol. The van der Waals surface area contributed by atoms with E-state index >= 15 is 0 Å². The Labute approximate surface area is 284 Å². The number of esters is 1. The number of likely N-dealkylation sites (tertiary alicyclic amines) is 1. The smallest absolute Gasteiger partial charge is 0.313 e. The van der Waals surface area contributed by atoms with E-state index in [-0.39, 0.29) is 55.9 Å². The molecule has 3 heterocycles. The number of hydrogen-bond donors (Lipinski definition) is 2. The second-order valence-corrected chi connectivity index (χ2v) is 13.5. The van der Waals surface area contributed by atoms with Crippen LogP contribution < -0.4 is 5.32 Å². The van der Waals surface area contributed by atoms with Crippen LogP contribution in [0.1, 0.15) is 71.5 Å². The molecule has 1 spiro atoms. The van der Waals surface area contributed by atoms with Gasteiger partial charge in [-0.2, -0.15) is 0 Å². The molecule has 0 radical (unpaired) electrons. The lowest BCUT2D eigenvalue weighted by Crippen LogP contribution is -2.60. The fourth-order valence-corrected chi connectivity index (χ4v) is 7.79. The maximum atomic E-state index is 14.7. The topological polar surface area (TPSA) is 135 Å². The van der Waals surface area contributed by atoms with Gasteiger partial charge in [0, 0.05) is 26.1 Å². The molecule has 0 aromatic heterocycles. The van der Waals surface area contributed by atoms with Crippen LogP contribution in [-0.4, -0.2) is 101 Å². The Morgan fingerprint density at radius 2 is 1.90 bits per heavy atom. The van der Waals surface area contributed by atoms with E-state index in [1.807, 2.05) is 58.0 Å². The van der Waals surface area contributed by atoms with Gasteiger partial charge in [-0.15, -0.1) is 13.2 Å². The number of allylic oxidation sites excluding steroid dienone is 1. The van der Waals surface area contributed by atoms with Crippen molar-refractivity contribution in [1.29, 1.82) is 0 Å². The molecule has 11 heteroatoms. The Morgan fingerprint density at radius 1 is 1.19 bits per heavy atom. The number of hydrogen-bond acceptors (Lipinski definition) is 8. The van der Waals surface area contributed by atoms with E-state index in [0.29, 0.717) is 31.2 Å². The Kier molecular flexibility index (Phi) is 12.6. The molecule has 2 bridgehead atoms. The van der Waals surface area contributed by atoms with Crippen LogP contribution in [-0.2, 0) is 33.4 Å². The molecule has 0 aliphatic carbocycles. The third kappa shape index (κ3) is 7.09. The molecule has 3 aliphatic heterocycles. The molecular formula is C37H53N3O8. The van der Waals surface area contributed by atoms with Crippen molar-refractivity contribution in [1.82, 2.24) is 15.1 Å². The molecule has 1 aromatic rings. The van der Waals surface area contributed by atoms with E-state index in [2.05, 4.69) is 18.5 Å². The number of carbonyl (C=O) groups is 4. The zero-order chi connectivity index (χ0) is 35.2. The van der Waals surface area contributed by atoms with Gasteiger partial charge in [0.15, 0.2) is 0 Å². The summed E-state index contributed by atoms with van der Waals surface area (Å²) in [6, 6.07) is 6.51. The van der Waals surface area contributed by atoms with E-state index < -0.39 is 53.7 Å². The average molecular weight is 668 g/mol. The number of fused-ring (bicyclic) bond motifs is 1. The van der Waals surface area contributed by atoms with Crippen molar-refractivity contribution in [2.45, 2.75) is 102 Å². The highest BCUT2D eigenvalue weighted by Gasteiger charge is 2.76. The number of nitrogens with one attached hydrogen (secondary N) is 1. The van der Waals surface area contributed by atoms with Crippen molar-refractivity contribution in [2.75, 3.05) is 26.9 Å². The number of methoxy groups -OCH3 is 1. The zero-order valence-electron chi connectivity index (χ0n) is 29.0. The van der Waals surface area contributed by atoms with E-state index in [4.69, 9.17) is 14.2 Å². The second kappa shape index (κ2) is 16.2. The molecule has 3 aliphatic rings. The predicted molar refractivity (Wildman–Crippen MR) is 180 cm³/mol. The van der Waals surface area contributed by atoms with E-state index in [1.165, 1.54) is 12.0 Å². The SMILES string of the molecule is C=CCCC(=O)N[C@@H](COC)[C@@H](OC(=O)[C@@H]1[C@H]2C(=O)N([C@@H](CO)[C@@H](C)CC)[C@H](C(=O)N(CC=C)C(C)C)[C@]23CC[C@H]1O3)c1ccccc1. The normalized spacial score (nSPS) is 26.8. The number of carbonyl (C=O) groups excluding carboxylic acids is 4. The van der Waals surface area contributed by atoms with E-state index in [1.54, 1.807) is 17.1 Å². The van der Waals surface area contributed by atoms with Crippen molar-refractivity contribution in [3.05, 3.63) is 61.2 Å². The van der Waals surface area contributed by atoms with Crippen molar-refractivity contribution < 1.29 is 38.5 Å². The van der Waals surface area contributed by atoms with Gasteiger partial charge in [0.1, 0.15) is 17.7 Å². The largest absolute Gasteiger partial charge is 0.455 e. The maximum absolute atomic E-state index is 14.7. The van der Waals surface area contributed by atoms with E-state index in [0.717, 1.165) is 0 Å². The molecule has 9 atom stereocenters. The van der Waals surface area contributed by atoms with Crippen molar-refractivity contribution in [3.63, 3.8) is 0 Å². The van der Waals surface area contributed by atoms with Gasteiger partial charge in [0.05, 0.1) is 43.2 Å². The molecular weight excluding hydrogens is 614 g/mol. The van der Waals surface area contributed by atoms with Crippen LogP contribution in [0.15, 0.2) is 55.6 Å². The highest BCUT2D eigenvalue weighted by molar-refractivity contribution is 5.98. The van der Waals surface area contributed by atoms with Gasteiger partial charge < -0.3 is 34.4 Å². The average Bonchev–Trinajstić information content (AvgIpc) is 3.72. The number of aliphatic hydroxyl groups excluding tert-OH is 1. The van der Waals surface area contributed by atoms with Gasteiger partial charge in [-0.3, -0.25) is 19.2 Å². The summed E-state index contributed by atoms with van der Waals surface area (Å²) >= 11 is 0. The van der Waals surface area contributed by atoms with Crippen LogP contribution in [0.3, 0.4) is 0 Å². The highest BCUT2D eigenvalue weighted by Crippen LogP contribution is 2.59. The first kappa shape index (κ1) is 37.3. The summed E-state index contributed by atoms with van der Waals surface area (Å²) in [6.45, 7) is 15.2. The van der Waals surface area contributed by atoms with Crippen molar-refractivity contribution in [3.8, 4) is 0 Å². The van der Waals surface area contributed by atoms with Crippen molar-refractivity contribution in [2.24, 2.45) is 17.8 Å². The maximum Gasteiger partial charge on any atom is 0.313 e. The number of nitrogens with zero attached hydrogens (tertiary/aromatic N) is 2. The molecule has 4 rings (SSSR count). The highest BCUT2D eigenvalue weighted by atomic mass is 16.6. The predicted octanol–water partition coefficient (Wildman–Crippen LogP) is 3.57. The molecule has 264 valence electrons. The third-order valence-electron chi connectivity index (χ3n) is 10.3. The fraction of sp³-hybridized carbons (Fsp3) is 0.622. The number of benzene rings is 1. The molecule has 48 heavy (non-hydrogen) atoms. The number of aliphatic hydroxyl groups is 1. The van der Waals surface area contributed by atoms with Crippen LogP contribution >= 0.6 is 0 Å². The minimum absolute atomic E-state index is 0.0648. The summed E-state index contributed by atoms with van der Waals surface area (Å²) in [7, 11) is 1.50. The van der Waals surface area contributed by atoms with Crippen LogP contribution in [0.2, 0.25) is 0 Å². The lowest BCUT2D eigenvalue weighted by molar-refractivity contribution is -0.164. The molecule has 1 aromatic carbocycles. The lowest BCUT2D eigenvalue weighted by Gasteiger charge is -2.41. The second-order valence-electron chi connectivity index (χ2n) is 13.5. The Hall–Kier alpha value is -3.54. The van der Waals surface area contributed by atoms with Gasteiger partial charge in [-0.1, -0.05) is 62.8 Å². The molecule has 2 N–H and O–H groups in total. The Morgan fingerprint density at radius 3 is 2.48 bits per heavy atom. The van der Waals surface area contributed by atoms with Crippen LogP contribution in [0, 0.1) is 17.8 Å². The van der Waals surface area contributed by atoms with Gasteiger partial charge in [0.2, 0.25) is 17.7 Å². The standard InChI is InChI=1S/C37H53N3O8/c1-8-11-17-29(42)38-26(22-46-7)32(25-15-13-12-14-16-25)47-36(45)30-28-18-19-37(48-28)31(30)34(43)40(27(21-41)24(6)10-3)33(37)35(44)39(20-9-2)23(4)5/h8-9,12-16,23-24,26-28,30-33,41H,1-2,10-11,17-22H2,3-7H3,(H,38,42)/t24-,26-,27-,28+,30-,31-,32-,33+,37-/m0/s1. The third-order valence-corrected chi connectivity index (χ3v) is 10.3. The van der Waals surface area contributed by atoms with Gasteiger partial charge >= 0.3 is 5.97 Å². The Bertz CT molecular complexity index is 1320. The molecule has 11 nitrogen and oxygen atoms in total. The summed E-state index contributed by atoms with van der Waals surface area (Å²) < 4.78 is 18.4. The molecule has 3 saturated heterocycles. The molecule has 3 amide bonds. The first-order chi connectivity index (χ1) is 23.0. The fourth-order valence-electron chi connectivity index (χ4n) is 7.79.